The lowest BCUT2D eigenvalue weighted by Gasteiger charge is -2.36. The van der Waals surface area contributed by atoms with E-state index < -0.39 is 5.54 Å². The van der Waals surface area contributed by atoms with Gasteiger partial charge in [-0.2, -0.15) is 0 Å². The van der Waals surface area contributed by atoms with E-state index in [1.165, 1.54) is 0 Å². The van der Waals surface area contributed by atoms with Gasteiger partial charge in [0, 0.05) is 50.7 Å². The summed E-state index contributed by atoms with van der Waals surface area (Å²) in [7, 11) is 1.92. The van der Waals surface area contributed by atoms with Crippen LogP contribution >= 0.6 is 0 Å². The van der Waals surface area contributed by atoms with E-state index in [0.717, 1.165) is 22.8 Å². The first-order chi connectivity index (χ1) is 13.1. The van der Waals surface area contributed by atoms with Gasteiger partial charge in [-0.3, -0.25) is 4.79 Å². The number of rotatable bonds is 4. The van der Waals surface area contributed by atoms with Crippen molar-refractivity contribution < 1.29 is 9.53 Å². The molecule has 3 aromatic rings. The number of amides is 1. The minimum atomic E-state index is -0.527. The van der Waals surface area contributed by atoms with E-state index in [1.54, 1.807) is 6.20 Å². The molecule has 0 saturated carbocycles. The van der Waals surface area contributed by atoms with Gasteiger partial charge in [-0.1, -0.05) is 30.3 Å². The summed E-state index contributed by atoms with van der Waals surface area (Å²) in [5.74, 6) is 0.699. The largest absolute Gasteiger partial charge is 0.381 e. The summed E-state index contributed by atoms with van der Waals surface area (Å²) < 4.78 is 7.46. The van der Waals surface area contributed by atoms with Gasteiger partial charge < -0.3 is 19.6 Å². The van der Waals surface area contributed by atoms with E-state index in [1.807, 2.05) is 61.0 Å². The highest BCUT2D eigenvalue weighted by molar-refractivity contribution is 5.94. The Hall–Kier alpha value is -2.86. The molecule has 3 heterocycles. The van der Waals surface area contributed by atoms with Crippen LogP contribution in [-0.4, -0.2) is 33.7 Å². The number of benzene rings is 1. The summed E-state index contributed by atoms with van der Waals surface area (Å²) in [6.07, 6.45) is 3.19. The van der Waals surface area contributed by atoms with Crippen LogP contribution < -0.4 is 5.32 Å². The van der Waals surface area contributed by atoms with Gasteiger partial charge in [-0.15, -0.1) is 0 Å². The Morgan fingerprint density at radius 3 is 2.59 bits per heavy atom. The summed E-state index contributed by atoms with van der Waals surface area (Å²) in [6, 6.07) is 13.9. The van der Waals surface area contributed by atoms with Crippen LogP contribution in [0.3, 0.4) is 0 Å². The van der Waals surface area contributed by atoms with Crippen molar-refractivity contribution in [2.24, 2.45) is 7.05 Å². The molecule has 1 aromatic carbocycles. The minimum Gasteiger partial charge on any atom is -0.381 e. The molecule has 1 fully saturated rings. The number of hydrogen-bond acceptors (Lipinski definition) is 3. The Morgan fingerprint density at radius 1 is 1.19 bits per heavy atom. The number of ether oxygens (including phenoxy) is 1. The number of imidazole rings is 1. The molecule has 0 spiro atoms. The fourth-order valence-corrected chi connectivity index (χ4v) is 3.72. The van der Waals surface area contributed by atoms with Crippen LogP contribution in [0.4, 0.5) is 0 Å². The van der Waals surface area contributed by atoms with Crippen LogP contribution in [0.1, 0.15) is 34.8 Å². The first-order valence-corrected chi connectivity index (χ1v) is 9.22. The maximum absolute atomic E-state index is 13.1. The smallest absolute Gasteiger partial charge is 0.268 e. The number of H-pyrrole nitrogens is 1. The van der Waals surface area contributed by atoms with Crippen LogP contribution in [0, 0.1) is 6.92 Å². The zero-order valence-electron chi connectivity index (χ0n) is 15.7. The van der Waals surface area contributed by atoms with Gasteiger partial charge in [0.2, 0.25) is 0 Å². The van der Waals surface area contributed by atoms with E-state index in [4.69, 9.17) is 4.74 Å². The monoisotopic (exact) mass is 364 g/mol. The fourth-order valence-electron chi connectivity index (χ4n) is 3.72. The van der Waals surface area contributed by atoms with Crippen LogP contribution in [0.5, 0.6) is 0 Å². The van der Waals surface area contributed by atoms with Crippen molar-refractivity contribution in [1.82, 2.24) is 19.9 Å². The number of nitrogens with one attached hydrogen (secondary N) is 2. The van der Waals surface area contributed by atoms with Crippen molar-refractivity contribution in [2.45, 2.75) is 25.3 Å². The maximum atomic E-state index is 13.1. The van der Waals surface area contributed by atoms with Gasteiger partial charge in [0.15, 0.2) is 0 Å². The molecule has 140 valence electrons. The third-order valence-electron chi connectivity index (χ3n) is 5.28. The molecule has 6 nitrogen and oxygen atoms in total. The molecule has 1 saturated heterocycles. The Balaban J connectivity index is 1.63. The first-order valence-electron chi connectivity index (χ1n) is 9.22. The van der Waals surface area contributed by atoms with Crippen molar-refractivity contribution in [3.63, 3.8) is 0 Å². The van der Waals surface area contributed by atoms with Crippen molar-refractivity contribution in [1.29, 1.82) is 0 Å². The van der Waals surface area contributed by atoms with E-state index in [9.17, 15) is 4.79 Å². The third-order valence-corrected chi connectivity index (χ3v) is 5.28. The number of aryl methyl sites for hydroxylation is 1. The van der Waals surface area contributed by atoms with E-state index in [2.05, 4.69) is 15.3 Å². The molecule has 2 N–H and O–H groups in total. The summed E-state index contributed by atoms with van der Waals surface area (Å²) >= 11 is 0. The van der Waals surface area contributed by atoms with Gasteiger partial charge in [-0.25, -0.2) is 4.98 Å². The molecular weight excluding hydrogens is 340 g/mol. The molecule has 1 amide bonds. The molecule has 1 aliphatic heterocycles. The van der Waals surface area contributed by atoms with Crippen molar-refractivity contribution in [3.8, 4) is 11.3 Å². The lowest BCUT2D eigenvalue weighted by atomic mass is 9.89. The quantitative estimate of drug-likeness (QED) is 0.747. The van der Waals surface area contributed by atoms with Gasteiger partial charge >= 0.3 is 0 Å². The number of hydrogen-bond donors (Lipinski definition) is 2. The summed E-state index contributed by atoms with van der Waals surface area (Å²) in [5.41, 5.74) is 3.18. The highest BCUT2D eigenvalue weighted by Gasteiger charge is 2.39. The zero-order valence-corrected chi connectivity index (χ0v) is 15.7. The Morgan fingerprint density at radius 2 is 1.93 bits per heavy atom. The average molecular weight is 364 g/mol. The predicted molar refractivity (Wildman–Crippen MR) is 103 cm³/mol. The number of nitrogens with zero attached hydrogens (tertiary/aromatic N) is 2. The van der Waals surface area contributed by atoms with Crippen LogP contribution in [-0.2, 0) is 17.3 Å². The Kier molecular flexibility index (Phi) is 4.58. The van der Waals surface area contributed by atoms with Gasteiger partial charge in [-0.05, 0) is 24.6 Å². The maximum Gasteiger partial charge on any atom is 0.268 e. The summed E-state index contributed by atoms with van der Waals surface area (Å²) in [5, 5.41) is 3.25. The molecule has 4 rings (SSSR count). The second-order valence-corrected chi connectivity index (χ2v) is 7.09. The lowest BCUT2D eigenvalue weighted by molar-refractivity contribution is 0.0314. The molecular formula is C21H24N4O2. The normalized spacial score (nSPS) is 16.2. The van der Waals surface area contributed by atoms with Gasteiger partial charge in [0.25, 0.3) is 5.91 Å². The van der Waals surface area contributed by atoms with Crippen molar-refractivity contribution >= 4 is 5.91 Å². The van der Waals surface area contributed by atoms with Crippen molar-refractivity contribution in [2.75, 3.05) is 13.2 Å². The van der Waals surface area contributed by atoms with Crippen LogP contribution in [0.2, 0.25) is 0 Å². The number of aromatic amines is 1. The Labute approximate surface area is 158 Å². The standard InChI is InChI=1S/C21H24N4O2/c1-15-14-22-20(23-15)21(10-12-27-13-11-21)24-19(26)18-9-8-17(25(18)2)16-6-4-3-5-7-16/h3-9,14H,10-13H2,1-2H3,(H,22,23)(H,24,26). The number of carbonyl (C=O) groups excluding carboxylic acids is 1. The molecule has 6 heteroatoms. The number of carbonyl (C=O) groups is 1. The Bertz CT molecular complexity index is 936. The minimum absolute atomic E-state index is 0.101. The van der Waals surface area contributed by atoms with Gasteiger partial charge in [0.05, 0.1) is 0 Å². The second kappa shape index (κ2) is 7.04. The van der Waals surface area contributed by atoms with E-state index in [0.29, 0.717) is 31.7 Å². The molecule has 27 heavy (non-hydrogen) atoms. The van der Waals surface area contributed by atoms with Gasteiger partial charge in [0.1, 0.15) is 17.1 Å². The zero-order chi connectivity index (χ0) is 18.9. The molecule has 0 unspecified atom stereocenters. The van der Waals surface area contributed by atoms with E-state index in [-0.39, 0.29) is 5.91 Å². The second-order valence-electron chi connectivity index (χ2n) is 7.09. The topological polar surface area (TPSA) is 71.9 Å². The third kappa shape index (κ3) is 3.28. The highest BCUT2D eigenvalue weighted by atomic mass is 16.5. The molecule has 0 aliphatic carbocycles. The molecule has 0 bridgehead atoms. The molecule has 2 aromatic heterocycles. The van der Waals surface area contributed by atoms with Crippen LogP contribution in [0.25, 0.3) is 11.3 Å². The van der Waals surface area contributed by atoms with E-state index >= 15 is 0 Å². The lowest BCUT2D eigenvalue weighted by Crippen LogP contribution is -2.50. The first kappa shape index (κ1) is 17.5. The molecule has 0 atom stereocenters. The predicted octanol–water partition coefficient (Wildman–Crippen LogP) is 3.16. The summed E-state index contributed by atoms with van der Waals surface area (Å²) in [4.78, 5) is 21.0. The van der Waals surface area contributed by atoms with Crippen LogP contribution in [0.15, 0.2) is 48.7 Å². The van der Waals surface area contributed by atoms with Crippen molar-refractivity contribution in [3.05, 3.63) is 65.9 Å². The molecule has 0 radical (unpaired) electrons. The fraction of sp³-hybridized carbons (Fsp3) is 0.333. The average Bonchev–Trinajstić information content (AvgIpc) is 3.29. The summed E-state index contributed by atoms with van der Waals surface area (Å²) in [6.45, 7) is 3.17. The SMILES string of the molecule is Cc1cnc(C2(NC(=O)c3ccc(-c4ccccc4)n3C)CCOCC2)[nH]1. The molecule has 1 aliphatic rings. The highest BCUT2D eigenvalue weighted by Crippen LogP contribution is 2.31. The number of aromatic nitrogens is 3.